The fourth-order valence-electron chi connectivity index (χ4n) is 1.57. The molecule has 0 aromatic rings. The van der Waals surface area contributed by atoms with Crippen molar-refractivity contribution in [1.82, 2.24) is 0 Å². The number of rotatable bonds is 5. The fraction of sp³-hybridized carbons (Fsp3) is 1.00. The number of halogens is 3. The predicted octanol–water partition coefficient (Wildman–Crippen LogP) is 1.74. The molecule has 1 heterocycles. The van der Waals surface area contributed by atoms with Gasteiger partial charge in [0.15, 0.2) is 6.10 Å². The summed E-state index contributed by atoms with van der Waals surface area (Å²) < 4.78 is 45.6. The summed E-state index contributed by atoms with van der Waals surface area (Å²) in [6, 6.07) is 0. The average molecular weight is 242 g/mol. The molecule has 1 saturated heterocycles. The SMILES string of the molecule is OC(COCCC1CCOCC1)C(F)(F)F. The lowest BCUT2D eigenvalue weighted by Gasteiger charge is -2.22. The van der Waals surface area contributed by atoms with Crippen molar-refractivity contribution in [3.05, 3.63) is 0 Å². The third-order valence-corrected chi connectivity index (χ3v) is 2.66. The van der Waals surface area contributed by atoms with E-state index < -0.39 is 18.9 Å². The van der Waals surface area contributed by atoms with Gasteiger partial charge in [-0.1, -0.05) is 0 Å². The van der Waals surface area contributed by atoms with Gasteiger partial charge in [-0.15, -0.1) is 0 Å². The Hall–Kier alpha value is -0.330. The van der Waals surface area contributed by atoms with Crippen LogP contribution in [-0.4, -0.2) is 43.8 Å². The first-order valence-electron chi connectivity index (χ1n) is 5.40. The summed E-state index contributed by atoms with van der Waals surface area (Å²) in [5, 5.41) is 8.65. The molecule has 16 heavy (non-hydrogen) atoms. The Balaban J connectivity index is 2.02. The average Bonchev–Trinajstić information content (AvgIpc) is 2.24. The van der Waals surface area contributed by atoms with Gasteiger partial charge in [0, 0.05) is 19.8 Å². The van der Waals surface area contributed by atoms with Gasteiger partial charge in [-0.2, -0.15) is 13.2 Å². The molecule has 0 radical (unpaired) electrons. The molecular formula is C10H17F3O3. The Morgan fingerprint density at radius 3 is 2.50 bits per heavy atom. The van der Waals surface area contributed by atoms with E-state index in [1.165, 1.54) is 0 Å². The Morgan fingerprint density at radius 1 is 1.31 bits per heavy atom. The molecule has 0 aliphatic carbocycles. The maximum absolute atomic E-state index is 11.9. The molecule has 3 nitrogen and oxygen atoms in total. The second kappa shape index (κ2) is 6.42. The van der Waals surface area contributed by atoms with Crippen LogP contribution in [0.25, 0.3) is 0 Å². The molecule has 96 valence electrons. The molecular weight excluding hydrogens is 225 g/mol. The molecule has 1 aliphatic heterocycles. The van der Waals surface area contributed by atoms with Crippen LogP contribution in [0.2, 0.25) is 0 Å². The maximum Gasteiger partial charge on any atom is 0.416 e. The van der Waals surface area contributed by atoms with Crippen LogP contribution in [-0.2, 0) is 9.47 Å². The fourth-order valence-corrected chi connectivity index (χ4v) is 1.57. The van der Waals surface area contributed by atoms with Gasteiger partial charge in [0.05, 0.1) is 6.61 Å². The zero-order valence-electron chi connectivity index (χ0n) is 9.00. The molecule has 0 bridgehead atoms. The Bertz CT molecular complexity index is 190. The standard InChI is InChI=1S/C10H17F3O3/c11-10(12,13)9(14)7-16-6-3-8-1-4-15-5-2-8/h8-9,14H,1-7H2. The van der Waals surface area contributed by atoms with Crippen LogP contribution in [0.1, 0.15) is 19.3 Å². The molecule has 1 rings (SSSR count). The zero-order valence-corrected chi connectivity index (χ0v) is 9.00. The molecule has 0 spiro atoms. The predicted molar refractivity (Wildman–Crippen MR) is 51.0 cm³/mol. The summed E-state index contributed by atoms with van der Waals surface area (Å²) >= 11 is 0. The topological polar surface area (TPSA) is 38.7 Å². The van der Waals surface area contributed by atoms with Crippen LogP contribution in [0.15, 0.2) is 0 Å². The first-order chi connectivity index (χ1) is 7.50. The zero-order chi connectivity index (χ0) is 12.0. The van der Waals surface area contributed by atoms with Crippen LogP contribution < -0.4 is 0 Å². The van der Waals surface area contributed by atoms with Gasteiger partial charge in [0.25, 0.3) is 0 Å². The number of ether oxygens (including phenoxy) is 2. The number of aliphatic hydroxyl groups excluding tert-OH is 1. The minimum absolute atomic E-state index is 0.262. The molecule has 0 saturated carbocycles. The Kier molecular flexibility index (Phi) is 5.51. The highest BCUT2D eigenvalue weighted by molar-refractivity contribution is 4.65. The van der Waals surface area contributed by atoms with Gasteiger partial charge in [-0.25, -0.2) is 0 Å². The minimum atomic E-state index is -4.58. The largest absolute Gasteiger partial charge is 0.416 e. The summed E-state index contributed by atoms with van der Waals surface area (Å²) in [6.45, 7) is 1.02. The van der Waals surface area contributed by atoms with Crippen LogP contribution in [0.3, 0.4) is 0 Å². The smallest absolute Gasteiger partial charge is 0.382 e. The van der Waals surface area contributed by atoms with E-state index in [0.717, 1.165) is 32.5 Å². The number of alkyl halides is 3. The number of hydrogen-bond donors (Lipinski definition) is 1. The van der Waals surface area contributed by atoms with Gasteiger partial charge in [0.2, 0.25) is 0 Å². The van der Waals surface area contributed by atoms with E-state index in [2.05, 4.69) is 0 Å². The quantitative estimate of drug-likeness (QED) is 0.746. The van der Waals surface area contributed by atoms with E-state index in [0.29, 0.717) is 5.92 Å². The van der Waals surface area contributed by atoms with Crippen LogP contribution in [0.5, 0.6) is 0 Å². The molecule has 0 amide bonds. The van der Waals surface area contributed by atoms with Crippen molar-refractivity contribution in [3.63, 3.8) is 0 Å². The van der Waals surface area contributed by atoms with Crippen molar-refractivity contribution >= 4 is 0 Å². The van der Waals surface area contributed by atoms with Crippen LogP contribution >= 0.6 is 0 Å². The van der Waals surface area contributed by atoms with E-state index in [4.69, 9.17) is 14.6 Å². The molecule has 1 aliphatic rings. The lowest BCUT2D eigenvalue weighted by Crippen LogP contribution is -2.33. The normalized spacial score (nSPS) is 21.0. The second-order valence-electron chi connectivity index (χ2n) is 3.98. The van der Waals surface area contributed by atoms with Crippen LogP contribution in [0, 0.1) is 5.92 Å². The van der Waals surface area contributed by atoms with E-state index in [9.17, 15) is 13.2 Å². The van der Waals surface area contributed by atoms with Crippen molar-refractivity contribution in [2.24, 2.45) is 5.92 Å². The van der Waals surface area contributed by atoms with E-state index >= 15 is 0 Å². The molecule has 0 aromatic heterocycles. The first-order valence-corrected chi connectivity index (χ1v) is 5.40. The minimum Gasteiger partial charge on any atom is -0.382 e. The highest BCUT2D eigenvalue weighted by atomic mass is 19.4. The number of hydrogen-bond acceptors (Lipinski definition) is 3. The molecule has 1 fully saturated rings. The lowest BCUT2D eigenvalue weighted by atomic mass is 9.97. The molecule has 1 unspecified atom stereocenters. The Morgan fingerprint density at radius 2 is 1.94 bits per heavy atom. The lowest BCUT2D eigenvalue weighted by molar-refractivity contribution is -0.217. The number of aliphatic hydroxyl groups is 1. The third kappa shape index (κ3) is 5.14. The van der Waals surface area contributed by atoms with Gasteiger partial charge >= 0.3 is 6.18 Å². The highest BCUT2D eigenvalue weighted by Crippen LogP contribution is 2.21. The molecule has 6 heteroatoms. The van der Waals surface area contributed by atoms with Gasteiger partial charge in [-0.3, -0.25) is 0 Å². The van der Waals surface area contributed by atoms with Crippen molar-refractivity contribution in [3.8, 4) is 0 Å². The van der Waals surface area contributed by atoms with Gasteiger partial charge < -0.3 is 14.6 Å². The van der Waals surface area contributed by atoms with Gasteiger partial charge in [0.1, 0.15) is 0 Å². The van der Waals surface area contributed by atoms with Crippen molar-refractivity contribution < 1.29 is 27.8 Å². The monoisotopic (exact) mass is 242 g/mol. The van der Waals surface area contributed by atoms with Crippen molar-refractivity contribution in [2.75, 3.05) is 26.4 Å². The Labute approximate surface area is 92.5 Å². The summed E-state index contributed by atoms with van der Waals surface area (Å²) in [5.41, 5.74) is 0. The van der Waals surface area contributed by atoms with Gasteiger partial charge in [-0.05, 0) is 25.2 Å². The first kappa shape index (κ1) is 13.7. The summed E-state index contributed by atoms with van der Waals surface area (Å²) in [7, 11) is 0. The molecule has 1 N–H and O–H groups in total. The maximum atomic E-state index is 11.9. The van der Waals surface area contributed by atoms with E-state index in [1.54, 1.807) is 0 Å². The highest BCUT2D eigenvalue weighted by Gasteiger charge is 2.38. The van der Waals surface area contributed by atoms with Crippen molar-refractivity contribution in [2.45, 2.75) is 31.5 Å². The molecule has 0 aromatic carbocycles. The molecule has 1 atom stereocenters. The summed E-state index contributed by atoms with van der Waals surface area (Å²) in [6.07, 6.45) is -4.36. The summed E-state index contributed by atoms with van der Waals surface area (Å²) in [5.74, 6) is 0.469. The van der Waals surface area contributed by atoms with Crippen LogP contribution in [0.4, 0.5) is 13.2 Å². The second-order valence-corrected chi connectivity index (χ2v) is 3.98. The van der Waals surface area contributed by atoms with E-state index in [1.807, 2.05) is 0 Å². The van der Waals surface area contributed by atoms with Crippen molar-refractivity contribution in [1.29, 1.82) is 0 Å². The summed E-state index contributed by atoms with van der Waals surface area (Å²) in [4.78, 5) is 0. The third-order valence-electron chi connectivity index (χ3n) is 2.66. The van der Waals surface area contributed by atoms with E-state index in [-0.39, 0.29) is 6.61 Å².